The number of methoxy groups -OCH3 is 1. The average Bonchev–Trinajstić information content (AvgIpc) is 2.62. The van der Waals surface area contributed by atoms with E-state index in [1.807, 2.05) is 0 Å². The SMILES string of the molecule is COC(=O)c1ccc(C#CCS)o1. The number of rotatable bonds is 1. The molecule has 0 atom stereocenters. The molecule has 0 fully saturated rings. The lowest BCUT2D eigenvalue weighted by atomic mass is 10.4. The van der Waals surface area contributed by atoms with Crippen molar-refractivity contribution >= 4 is 18.6 Å². The molecule has 13 heavy (non-hydrogen) atoms. The molecule has 0 amide bonds. The molecule has 0 radical (unpaired) electrons. The van der Waals surface area contributed by atoms with Crippen LogP contribution in [0, 0.1) is 11.8 Å². The molecular weight excluding hydrogens is 188 g/mol. The van der Waals surface area contributed by atoms with Gasteiger partial charge < -0.3 is 9.15 Å². The van der Waals surface area contributed by atoms with Gasteiger partial charge in [0, 0.05) is 0 Å². The van der Waals surface area contributed by atoms with Crippen LogP contribution in [0.15, 0.2) is 16.5 Å². The summed E-state index contributed by atoms with van der Waals surface area (Å²) in [6.07, 6.45) is 0. The van der Waals surface area contributed by atoms with Gasteiger partial charge >= 0.3 is 5.97 Å². The lowest BCUT2D eigenvalue weighted by molar-refractivity contribution is 0.0564. The highest BCUT2D eigenvalue weighted by Crippen LogP contribution is 2.07. The molecule has 0 unspecified atom stereocenters. The number of carbonyl (C=O) groups is 1. The molecule has 1 aromatic rings. The second-order valence-electron chi connectivity index (χ2n) is 2.12. The quantitative estimate of drug-likeness (QED) is 0.418. The summed E-state index contributed by atoms with van der Waals surface area (Å²) in [5.74, 6) is 5.95. The first-order chi connectivity index (χ1) is 6.27. The first kappa shape index (κ1) is 9.75. The highest BCUT2D eigenvalue weighted by Gasteiger charge is 2.09. The first-order valence-electron chi connectivity index (χ1n) is 3.56. The molecule has 0 aliphatic rings. The molecule has 0 saturated carbocycles. The maximum atomic E-state index is 10.9. The Morgan fingerprint density at radius 2 is 2.46 bits per heavy atom. The second kappa shape index (κ2) is 4.63. The zero-order valence-electron chi connectivity index (χ0n) is 7.03. The number of esters is 1. The summed E-state index contributed by atoms with van der Waals surface area (Å²) < 4.78 is 9.51. The van der Waals surface area contributed by atoms with Gasteiger partial charge in [0.2, 0.25) is 5.76 Å². The van der Waals surface area contributed by atoms with Gasteiger partial charge in [0.1, 0.15) is 0 Å². The molecule has 0 aliphatic carbocycles. The molecule has 1 aromatic heterocycles. The van der Waals surface area contributed by atoms with Crippen molar-refractivity contribution in [2.75, 3.05) is 12.9 Å². The Morgan fingerprint density at radius 3 is 3.08 bits per heavy atom. The van der Waals surface area contributed by atoms with Crippen molar-refractivity contribution in [2.24, 2.45) is 0 Å². The summed E-state index contributed by atoms with van der Waals surface area (Å²) in [5.41, 5.74) is 0. The lowest BCUT2D eigenvalue weighted by Gasteiger charge is -1.90. The van der Waals surface area contributed by atoms with Crippen molar-refractivity contribution in [3.8, 4) is 11.8 Å². The number of furan rings is 1. The van der Waals surface area contributed by atoms with E-state index in [-0.39, 0.29) is 5.76 Å². The van der Waals surface area contributed by atoms with Gasteiger partial charge in [-0.05, 0) is 18.1 Å². The maximum absolute atomic E-state index is 10.9. The number of thiol groups is 1. The standard InChI is InChI=1S/C9H8O3S/c1-11-9(10)8-5-4-7(12-8)3-2-6-13/h4-5,13H,6H2,1H3. The molecule has 0 saturated heterocycles. The minimum Gasteiger partial charge on any atom is -0.463 e. The van der Waals surface area contributed by atoms with Gasteiger partial charge in [-0.25, -0.2) is 4.79 Å². The summed E-state index contributed by atoms with van der Waals surface area (Å²) in [6.45, 7) is 0. The van der Waals surface area contributed by atoms with Crippen LogP contribution in [0.5, 0.6) is 0 Å². The normalized spacial score (nSPS) is 8.77. The van der Waals surface area contributed by atoms with Gasteiger partial charge in [-0.15, -0.1) is 0 Å². The van der Waals surface area contributed by atoms with Crippen LogP contribution >= 0.6 is 12.6 Å². The van der Waals surface area contributed by atoms with Crippen molar-refractivity contribution < 1.29 is 13.9 Å². The van der Waals surface area contributed by atoms with E-state index in [4.69, 9.17) is 4.42 Å². The minimum absolute atomic E-state index is 0.158. The van der Waals surface area contributed by atoms with E-state index in [0.29, 0.717) is 11.5 Å². The van der Waals surface area contributed by atoms with Crippen molar-refractivity contribution in [1.82, 2.24) is 0 Å². The van der Waals surface area contributed by atoms with E-state index in [2.05, 4.69) is 29.2 Å². The van der Waals surface area contributed by atoms with Crippen molar-refractivity contribution in [1.29, 1.82) is 0 Å². The summed E-state index contributed by atoms with van der Waals surface area (Å²) in [6, 6.07) is 3.14. The molecule has 0 aromatic carbocycles. The number of carbonyl (C=O) groups excluding carboxylic acids is 1. The third-order valence-electron chi connectivity index (χ3n) is 1.28. The Balaban J connectivity index is 2.80. The summed E-state index contributed by atoms with van der Waals surface area (Å²) in [4.78, 5) is 10.9. The third-order valence-corrected chi connectivity index (χ3v) is 1.44. The molecule has 0 aliphatic heterocycles. The maximum Gasteiger partial charge on any atom is 0.374 e. The fourth-order valence-corrected chi connectivity index (χ4v) is 0.821. The van der Waals surface area contributed by atoms with E-state index in [9.17, 15) is 4.79 Å². The van der Waals surface area contributed by atoms with E-state index < -0.39 is 5.97 Å². The van der Waals surface area contributed by atoms with Crippen LogP contribution in [0.3, 0.4) is 0 Å². The van der Waals surface area contributed by atoms with E-state index in [0.717, 1.165) is 0 Å². The highest BCUT2D eigenvalue weighted by molar-refractivity contribution is 7.80. The van der Waals surface area contributed by atoms with Crippen molar-refractivity contribution in [3.63, 3.8) is 0 Å². The van der Waals surface area contributed by atoms with Crippen LogP contribution in [-0.4, -0.2) is 18.8 Å². The first-order valence-corrected chi connectivity index (χ1v) is 4.19. The van der Waals surface area contributed by atoms with Crippen molar-refractivity contribution in [2.45, 2.75) is 0 Å². The Hall–Kier alpha value is -1.34. The largest absolute Gasteiger partial charge is 0.463 e. The molecule has 0 spiro atoms. The van der Waals surface area contributed by atoms with Crippen LogP contribution in [0.4, 0.5) is 0 Å². The van der Waals surface area contributed by atoms with Crippen LogP contribution < -0.4 is 0 Å². The minimum atomic E-state index is -0.501. The third kappa shape index (κ3) is 2.56. The summed E-state index contributed by atoms with van der Waals surface area (Å²) >= 11 is 3.91. The molecule has 68 valence electrons. The smallest absolute Gasteiger partial charge is 0.374 e. The van der Waals surface area contributed by atoms with E-state index in [1.165, 1.54) is 13.2 Å². The Bertz CT molecular complexity index is 356. The summed E-state index contributed by atoms with van der Waals surface area (Å²) in [7, 11) is 1.30. The predicted octanol–water partition coefficient (Wildman–Crippen LogP) is 1.35. The van der Waals surface area contributed by atoms with Gasteiger partial charge in [0.05, 0.1) is 12.9 Å². The zero-order valence-corrected chi connectivity index (χ0v) is 7.93. The molecule has 3 nitrogen and oxygen atoms in total. The lowest BCUT2D eigenvalue weighted by Crippen LogP contribution is -1.98. The molecular formula is C9H8O3S. The predicted molar refractivity (Wildman–Crippen MR) is 50.8 cm³/mol. The Kier molecular flexibility index (Phi) is 3.47. The monoisotopic (exact) mass is 196 g/mol. The van der Waals surface area contributed by atoms with Gasteiger partial charge in [-0.3, -0.25) is 0 Å². The number of ether oxygens (including phenoxy) is 1. The Morgan fingerprint density at radius 1 is 1.69 bits per heavy atom. The van der Waals surface area contributed by atoms with Gasteiger partial charge in [0.15, 0.2) is 5.76 Å². The van der Waals surface area contributed by atoms with Crippen LogP contribution in [0.2, 0.25) is 0 Å². The fourth-order valence-electron chi connectivity index (χ4n) is 0.742. The number of hydrogen-bond donors (Lipinski definition) is 1. The molecule has 4 heteroatoms. The molecule has 1 heterocycles. The molecule has 0 bridgehead atoms. The second-order valence-corrected chi connectivity index (χ2v) is 2.43. The zero-order chi connectivity index (χ0) is 9.68. The fraction of sp³-hybridized carbons (Fsp3) is 0.222. The van der Waals surface area contributed by atoms with Crippen LogP contribution in [0.25, 0.3) is 0 Å². The average molecular weight is 196 g/mol. The topological polar surface area (TPSA) is 39.4 Å². The van der Waals surface area contributed by atoms with Crippen LogP contribution in [0.1, 0.15) is 16.3 Å². The Labute approximate surface area is 81.5 Å². The van der Waals surface area contributed by atoms with Gasteiger partial charge in [-0.1, -0.05) is 5.92 Å². The number of hydrogen-bond acceptors (Lipinski definition) is 4. The van der Waals surface area contributed by atoms with E-state index in [1.54, 1.807) is 6.07 Å². The summed E-state index contributed by atoms with van der Waals surface area (Å²) in [5, 5.41) is 0. The van der Waals surface area contributed by atoms with Crippen molar-refractivity contribution in [3.05, 3.63) is 23.7 Å². The molecule has 0 N–H and O–H groups in total. The highest BCUT2D eigenvalue weighted by atomic mass is 32.1. The van der Waals surface area contributed by atoms with E-state index >= 15 is 0 Å². The van der Waals surface area contributed by atoms with Gasteiger partial charge in [-0.2, -0.15) is 12.6 Å². The molecule has 1 rings (SSSR count). The van der Waals surface area contributed by atoms with Crippen LogP contribution in [-0.2, 0) is 4.74 Å². The van der Waals surface area contributed by atoms with Gasteiger partial charge in [0.25, 0.3) is 0 Å².